The summed E-state index contributed by atoms with van der Waals surface area (Å²) in [5, 5.41) is 12.0. The van der Waals surface area contributed by atoms with Gasteiger partial charge >= 0.3 is 6.29 Å². The lowest BCUT2D eigenvalue weighted by Gasteiger charge is -2.04. The highest BCUT2D eigenvalue weighted by molar-refractivity contribution is 6.31. The minimum atomic E-state index is -3.65. The molecule has 0 radical (unpaired) electrons. The van der Waals surface area contributed by atoms with E-state index in [9.17, 15) is 8.78 Å². The summed E-state index contributed by atoms with van der Waals surface area (Å²) in [5.41, 5.74) is 0.489. The van der Waals surface area contributed by atoms with E-state index < -0.39 is 6.29 Å². The lowest BCUT2D eigenvalue weighted by atomic mass is 10.3. The first-order valence-corrected chi connectivity index (χ1v) is 4.85. The Hall–Kier alpha value is -2.22. The minimum absolute atomic E-state index is 0.0613. The highest BCUT2D eigenvalue weighted by atomic mass is 19.3. The molecular weight excluding hydrogens is 248 g/mol. The number of aliphatic hydroxyl groups is 1. The predicted octanol–water partition coefficient (Wildman–Crippen LogP) is 1.02. The number of nitrogens with zero attached hydrogens (tertiary/aromatic N) is 2. The Labute approximate surface area is 100 Å². The molecule has 2 rings (SSSR count). The SMILES string of the molecule is NN=C(C=Nc1ccc2c(c1)OC(F)(F)O2)CO. The standard InChI is InChI=1S/C10H9F2N3O3/c11-10(12)17-8-2-1-6(3-9(8)18-10)14-4-7(5-16)15-13/h1-4,16H,5,13H2. The van der Waals surface area contributed by atoms with Crippen LogP contribution in [0.5, 0.6) is 11.5 Å². The maximum absolute atomic E-state index is 12.7. The second kappa shape index (κ2) is 4.57. The van der Waals surface area contributed by atoms with Gasteiger partial charge in [0.1, 0.15) is 5.71 Å². The first-order valence-electron chi connectivity index (χ1n) is 4.85. The van der Waals surface area contributed by atoms with Gasteiger partial charge in [-0.3, -0.25) is 4.99 Å². The van der Waals surface area contributed by atoms with E-state index in [4.69, 9.17) is 10.9 Å². The van der Waals surface area contributed by atoms with E-state index in [0.717, 1.165) is 0 Å². The van der Waals surface area contributed by atoms with Crippen LogP contribution in [-0.4, -0.2) is 29.9 Å². The molecule has 0 amide bonds. The number of halogens is 2. The smallest absolute Gasteiger partial charge is 0.395 e. The Morgan fingerprint density at radius 3 is 2.78 bits per heavy atom. The molecule has 3 N–H and O–H groups in total. The summed E-state index contributed by atoms with van der Waals surface area (Å²) in [6.45, 7) is -0.372. The zero-order valence-electron chi connectivity index (χ0n) is 9.01. The van der Waals surface area contributed by atoms with Crippen LogP contribution in [0.1, 0.15) is 0 Å². The number of hydrogen-bond donors (Lipinski definition) is 2. The van der Waals surface area contributed by atoms with Crippen molar-refractivity contribution in [1.82, 2.24) is 0 Å². The third-order valence-electron chi connectivity index (χ3n) is 2.08. The van der Waals surface area contributed by atoms with E-state index in [1.54, 1.807) is 0 Å². The topological polar surface area (TPSA) is 89.4 Å². The fourth-order valence-electron chi connectivity index (χ4n) is 1.28. The van der Waals surface area contributed by atoms with Crippen LogP contribution in [0.4, 0.5) is 14.5 Å². The fraction of sp³-hybridized carbons (Fsp3) is 0.200. The highest BCUT2D eigenvalue weighted by Crippen LogP contribution is 2.42. The average molecular weight is 257 g/mol. The number of aliphatic imine (C=N–C) groups is 1. The van der Waals surface area contributed by atoms with Gasteiger partial charge in [-0.05, 0) is 12.1 Å². The lowest BCUT2D eigenvalue weighted by Crippen LogP contribution is -2.25. The molecule has 0 saturated carbocycles. The zero-order valence-corrected chi connectivity index (χ0v) is 9.01. The molecule has 1 aromatic rings. The number of fused-ring (bicyclic) bond motifs is 1. The Kier molecular flexibility index (Phi) is 3.11. The van der Waals surface area contributed by atoms with E-state index in [2.05, 4.69) is 19.6 Å². The number of alkyl halides is 2. The van der Waals surface area contributed by atoms with Crippen molar-refractivity contribution in [2.75, 3.05) is 6.61 Å². The van der Waals surface area contributed by atoms with Crippen molar-refractivity contribution < 1.29 is 23.4 Å². The number of nitrogens with two attached hydrogens (primary N) is 1. The van der Waals surface area contributed by atoms with Gasteiger partial charge in [0.05, 0.1) is 18.5 Å². The molecule has 6 nitrogen and oxygen atoms in total. The molecule has 0 saturated heterocycles. The number of hydrogen-bond acceptors (Lipinski definition) is 6. The molecule has 0 atom stereocenters. The van der Waals surface area contributed by atoms with Gasteiger partial charge in [0.2, 0.25) is 0 Å². The highest BCUT2D eigenvalue weighted by Gasteiger charge is 2.43. The van der Waals surface area contributed by atoms with Crippen molar-refractivity contribution in [3.63, 3.8) is 0 Å². The summed E-state index contributed by atoms with van der Waals surface area (Å²) in [5.74, 6) is 4.80. The Bertz CT molecular complexity index is 517. The van der Waals surface area contributed by atoms with Crippen LogP contribution in [0, 0.1) is 0 Å². The third kappa shape index (κ3) is 2.54. The monoisotopic (exact) mass is 257 g/mol. The zero-order chi connectivity index (χ0) is 13.2. The van der Waals surface area contributed by atoms with Crippen LogP contribution >= 0.6 is 0 Å². The summed E-state index contributed by atoms with van der Waals surface area (Å²) in [6.07, 6.45) is -2.44. The molecule has 1 heterocycles. The lowest BCUT2D eigenvalue weighted by molar-refractivity contribution is -0.286. The van der Waals surface area contributed by atoms with Crippen LogP contribution in [0.3, 0.4) is 0 Å². The fourth-order valence-corrected chi connectivity index (χ4v) is 1.28. The quantitative estimate of drug-likeness (QED) is 0.480. The maximum atomic E-state index is 12.7. The van der Waals surface area contributed by atoms with Gasteiger partial charge in [-0.15, -0.1) is 8.78 Å². The number of benzene rings is 1. The largest absolute Gasteiger partial charge is 0.586 e. The molecule has 96 valence electrons. The van der Waals surface area contributed by atoms with Crippen LogP contribution < -0.4 is 15.3 Å². The maximum Gasteiger partial charge on any atom is 0.586 e. The molecule has 8 heteroatoms. The molecule has 1 aliphatic rings. The predicted molar refractivity (Wildman–Crippen MR) is 59.5 cm³/mol. The molecule has 0 unspecified atom stereocenters. The van der Waals surface area contributed by atoms with E-state index in [-0.39, 0.29) is 23.8 Å². The van der Waals surface area contributed by atoms with E-state index in [1.165, 1.54) is 24.4 Å². The summed E-state index contributed by atoms with van der Waals surface area (Å²) in [4.78, 5) is 3.90. The molecule has 0 aliphatic carbocycles. The van der Waals surface area contributed by atoms with Crippen molar-refractivity contribution >= 4 is 17.6 Å². The van der Waals surface area contributed by atoms with Crippen LogP contribution in [0.2, 0.25) is 0 Å². The van der Waals surface area contributed by atoms with Crippen LogP contribution in [0.15, 0.2) is 28.3 Å². The number of ether oxygens (including phenoxy) is 2. The van der Waals surface area contributed by atoms with Crippen molar-refractivity contribution in [2.24, 2.45) is 15.9 Å². The van der Waals surface area contributed by atoms with Gasteiger partial charge < -0.3 is 20.4 Å². The molecule has 1 aromatic carbocycles. The Balaban J connectivity index is 2.19. The second-order valence-electron chi connectivity index (χ2n) is 3.34. The molecule has 0 bridgehead atoms. The minimum Gasteiger partial charge on any atom is -0.395 e. The van der Waals surface area contributed by atoms with E-state index in [1.807, 2.05) is 0 Å². The number of aliphatic hydroxyl groups excluding tert-OH is 1. The van der Waals surface area contributed by atoms with Crippen LogP contribution in [0.25, 0.3) is 0 Å². The van der Waals surface area contributed by atoms with Crippen molar-refractivity contribution in [3.05, 3.63) is 18.2 Å². The van der Waals surface area contributed by atoms with Gasteiger partial charge in [0.15, 0.2) is 11.5 Å². The summed E-state index contributed by atoms with van der Waals surface area (Å²) in [7, 11) is 0. The number of hydrazone groups is 1. The molecule has 0 spiro atoms. The van der Waals surface area contributed by atoms with Crippen molar-refractivity contribution in [1.29, 1.82) is 0 Å². The Morgan fingerprint density at radius 1 is 1.39 bits per heavy atom. The van der Waals surface area contributed by atoms with Gasteiger partial charge in [0, 0.05) is 6.07 Å². The number of rotatable bonds is 3. The molecular formula is C10H9F2N3O3. The third-order valence-corrected chi connectivity index (χ3v) is 2.08. The van der Waals surface area contributed by atoms with Gasteiger partial charge in [0.25, 0.3) is 0 Å². The van der Waals surface area contributed by atoms with Gasteiger partial charge in [-0.2, -0.15) is 5.10 Å². The van der Waals surface area contributed by atoms with Gasteiger partial charge in [-0.1, -0.05) is 0 Å². The molecule has 0 aromatic heterocycles. The second-order valence-corrected chi connectivity index (χ2v) is 3.34. The molecule has 18 heavy (non-hydrogen) atoms. The molecule has 1 aliphatic heterocycles. The normalized spacial score (nSPS) is 17.4. The van der Waals surface area contributed by atoms with Crippen molar-refractivity contribution in [2.45, 2.75) is 6.29 Å². The van der Waals surface area contributed by atoms with Crippen molar-refractivity contribution in [3.8, 4) is 11.5 Å². The first kappa shape index (κ1) is 12.2. The summed E-state index contributed by atoms with van der Waals surface area (Å²) >= 11 is 0. The molecule has 0 fully saturated rings. The van der Waals surface area contributed by atoms with E-state index in [0.29, 0.717) is 5.69 Å². The summed E-state index contributed by atoms with van der Waals surface area (Å²) in [6, 6.07) is 4.03. The summed E-state index contributed by atoms with van der Waals surface area (Å²) < 4.78 is 34.0. The average Bonchev–Trinajstić information content (AvgIpc) is 2.63. The Morgan fingerprint density at radius 2 is 2.11 bits per heavy atom. The first-order chi connectivity index (χ1) is 8.54. The van der Waals surface area contributed by atoms with Gasteiger partial charge in [-0.25, -0.2) is 0 Å². The van der Waals surface area contributed by atoms with Crippen LogP contribution in [-0.2, 0) is 0 Å². The van der Waals surface area contributed by atoms with E-state index >= 15 is 0 Å².